The van der Waals surface area contributed by atoms with Gasteiger partial charge in [0, 0.05) is 12.0 Å². The molecule has 1 heteroatoms. The van der Waals surface area contributed by atoms with Gasteiger partial charge in [0.15, 0.2) is 0 Å². The zero-order chi connectivity index (χ0) is 21.4. The van der Waals surface area contributed by atoms with Gasteiger partial charge in [-0.05, 0) is 59.8 Å². The first-order chi connectivity index (χ1) is 13.8. The van der Waals surface area contributed by atoms with Crippen LogP contribution in [0.1, 0.15) is 113 Å². The zero-order valence-corrected chi connectivity index (χ0v) is 19.4. The van der Waals surface area contributed by atoms with Gasteiger partial charge in [-0.1, -0.05) is 89.9 Å². The first kappa shape index (κ1) is 23.1. The lowest BCUT2D eigenvalue weighted by Gasteiger charge is -2.25. The van der Waals surface area contributed by atoms with Crippen LogP contribution in [0.3, 0.4) is 0 Å². The molecule has 0 aliphatic heterocycles. The van der Waals surface area contributed by atoms with Gasteiger partial charge in [0.2, 0.25) is 0 Å². The summed E-state index contributed by atoms with van der Waals surface area (Å²) in [6.45, 7) is 15.8. The van der Waals surface area contributed by atoms with E-state index in [4.69, 9.17) is 4.74 Å². The lowest BCUT2D eigenvalue weighted by atomic mass is 9.82. The smallest absolute Gasteiger partial charge is 0.133 e. The first-order valence-electron chi connectivity index (χ1n) is 11.2. The molecule has 0 saturated heterocycles. The maximum Gasteiger partial charge on any atom is 0.133 e. The number of rotatable bonds is 8. The topological polar surface area (TPSA) is 9.23 Å². The maximum atomic E-state index is 6.00. The summed E-state index contributed by atoms with van der Waals surface area (Å²) in [4.78, 5) is 0. The molecule has 1 unspecified atom stereocenters. The van der Waals surface area contributed by atoms with Gasteiger partial charge in [0.05, 0.1) is 0 Å². The van der Waals surface area contributed by atoms with Gasteiger partial charge >= 0.3 is 0 Å². The second-order valence-electron chi connectivity index (χ2n) is 8.96. The van der Waals surface area contributed by atoms with Crippen molar-refractivity contribution in [1.29, 1.82) is 0 Å². The number of aryl methyl sites for hydroxylation is 1. The molecule has 0 bridgehead atoms. The number of ether oxygens (including phenoxy) is 1. The fourth-order valence-electron chi connectivity index (χ4n) is 3.75. The average molecular weight is 391 g/mol. The third kappa shape index (κ3) is 6.67. The Kier molecular flexibility index (Phi) is 8.84. The van der Waals surface area contributed by atoms with Crippen LogP contribution in [-0.4, -0.2) is 0 Å². The Labute approximate surface area is 178 Å². The Hall–Kier alpha value is -2.20. The Morgan fingerprint density at radius 1 is 0.793 bits per heavy atom. The molecule has 0 radical (unpaired) electrons. The highest BCUT2D eigenvalue weighted by atomic mass is 16.5. The van der Waals surface area contributed by atoms with E-state index < -0.39 is 0 Å². The highest BCUT2D eigenvalue weighted by Crippen LogP contribution is 2.36. The summed E-state index contributed by atoms with van der Waals surface area (Å²) in [7, 11) is 0. The number of hydrogen-bond donors (Lipinski definition) is 0. The number of benzene rings is 2. The van der Waals surface area contributed by atoms with Crippen molar-refractivity contribution in [2.45, 2.75) is 91.6 Å². The monoisotopic (exact) mass is 390 g/mol. The molecule has 0 N–H and O–H groups in total. The second-order valence-corrected chi connectivity index (χ2v) is 8.96. The van der Waals surface area contributed by atoms with Crippen LogP contribution in [0.4, 0.5) is 0 Å². The summed E-state index contributed by atoms with van der Waals surface area (Å²) >= 11 is 0. The van der Waals surface area contributed by atoms with E-state index in [1.165, 1.54) is 27.8 Å². The van der Waals surface area contributed by atoms with E-state index in [-0.39, 0.29) is 6.10 Å². The highest BCUT2D eigenvalue weighted by Gasteiger charge is 2.21. The third-order valence-corrected chi connectivity index (χ3v) is 5.50. The van der Waals surface area contributed by atoms with E-state index in [0.717, 1.165) is 19.3 Å². The van der Waals surface area contributed by atoms with Crippen LogP contribution in [0.25, 0.3) is 0 Å². The minimum atomic E-state index is -0.0207. The number of unbranched alkanes of at least 4 members (excludes halogenated alkanes) is 1. The molecular weight excluding hydrogens is 352 g/mol. The quantitative estimate of drug-likeness (QED) is 0.326. The minimum Gasteiger partial charge on any atom is -0.439 e. The molecule has 2 aromatic rings. The zero-order valence-electron chi connectivity index (χ0n) is 19.4. The molecule has 1 atom stereocenters. The maximum absolute atomic E-state index is 6.00. The average Bonchev–Trinajstić information content (AvgIpc) is 2.69. The van der Waals surface area contributed by atoms with Crippen LogP contribution < -0.4 is 0 Å². The molecule has 0 aromatic heterocycles. The Morgan fingerprint density at radius 3 is 1.90 bits per heavy atom. The molecule has 156 valence electrons. The summed E-state index contributed by atoms with van der Waals surface area (Å²) in [6, 6.07) is 15.3. The third-order valence-electron chi connectivity index (χ3n) is 5.50. The first-order valence-corrected chi connectivity index (χ1v) is 11.2. The Balaban J connectivity index is 2.10. The van der Waals surface area contributed by atoms with Crippen LogP contribution in [0.15, 0.2) is 42.5 Å². The largest absolute Gasteiger partial charge is 0.439 e. The minimum absolute atomic E-state index is 0.0207. The summed E-state index contributed by atoms with van der Waals surface area (Å²) in [5.74, 6) is 4.67. The normalized spacial score (nSPS) is 12.2. The van der Waals surface area contributed by atoms with Gasteiger partial charge in [0.1, 0.15) is 12.2 Å². The SMILES string of the molecule is CC(C)c1cc(C(C)C)c(C(C)OC#CCCCc2ccccc2)c(C(C)C)c1. The molecule has 0 spiro atoms. The molecule has 0 saturated carbocycles. The summed E-state index contributed by atoms with van der Waals surface area (Å²) in [6.07, 6.45) is 5.96. The van der Waals surface area contributed by atoms with Gasteiger partial charge in [-0.2, -0.15) is 0 Å². The molecule has 29 heavy (non-hydrogen) atoms. The van der Waals surface area contributed by atoms with Crippen LogP contribution in [0.5, 0.6) is 0 Å². The van der Waals surface area contributed by atoms with Gasteiger partial charge in [-0.25, -0.2) is 0 Å². The van der Waals surface area contributed by atoms with Crippen molar-refractivity contribution in [1.82, 2.24) is 0 Å². The molecule has 2 aromatic carbocycles. The van der Waals surface area contributed by atoms with Crippen LogP contribution >= 0.6 is 0 Å². The van der Waals surface area contributed by atoms with Crippen LogP contribution in [0.2, 0.25) is 0 Å². The van der Waals surface area contributed by atoms with Crippen molar-refractivity contribution >= 4 is 0 Å². The molecule has 2 rings (SSSR count). The summed E-state index contributed by atoms with van der Waals surface area (Å²) in [5.41, 5.74) is 6.92. The van der Waals surface area contributed by atoms with E-state index in [0.29, 0.717) is 17.8 Å². The molecule has 0 amide bonds. The van der Waals surface area contributed by atoms with E-state index >= 15 is 0 Å². The van der Waals surface area contributed by atoms with Crippen molar-refractivity contribution in [3.8, 4) is 12.0 Å². The van der Waals surface area contributed by atoms with E-state index in [1.807, 2.05) is 0 Å². The van der Waals surface area contributed by atoms with Crippen molar-refractivity contribution in [3.05, 3.63) is 70.3 Å². The Bertz CT molecular complexity index is 789. The molecule has 0 heterocycles. The van der Waals surface area contributed by atoms with Crippen molar-refractivity contribution in [2.75, 3.05) is 0 Å². The van der Waals surface area contributed by atoms with Gasteiger partial charge in [-0.15, -0.1) is 0 Å². The molecule has 0 aliphatic carbocycles. The molecule has 0 aliphatic rings. The fraction of sp³-hybridized carbons (Fsp3) is 0.500. The van der Waals surface area contributed by atoms with Crippen molar-refractivity contribution in [3.63, 3.8) is 0 Å². The van der Waals surface area contributed by atoms with Crippen LogP contribution in [-0.2, 0) is 11.2 Å². The lowest BCUT2D eigenvalue weighted by molar-refractivity contribution is 0.185. The van der Waals surface area contributed by atoms with E-state index in [2.05, 4.69) is 103 Å². The Morgan fingerprint density at radius 2 is 1.38 bits per heavy atom. The van der Waals surface area contributed by atoms with Crippen molar-refractivity contribution in [2.24, 2.45) is 0 Å². The predicted octanol–water partition coefficient (Wildman–Crippen LogP) is 8.12. The van der Waals surface area contributed by atoms with Gasteiger partial charge < -0.3 is 4.74 Å². The summed E-state index contributed by atoms with van der Waals surface area (Å²) in [5, 5.41) is 0. The molecule has 1 nitrogen and oxygen atoms in total. The van der Waals surface area contributed by atoms with Gasteiger partial charge in [0.25, 0.3) is 0 Å². The number of hydrogen-bond acceptors (Lipinski definition) is 1. The van der Waals surface area contributed by atoms with E-state index in [1.54, 1.807) is 0 Å². The molecular formula is C28H38O. The second kappa shape index (κ2) is 11.1. The predicted molar refractivity (Wildman–Crippen MR) is 125 cm³/mol. The van der Waals surface area contributed by atoms with E-state index in [9.17, 15) is 0 Å². The van der Waals surface area contributed by atoms with Gasteiger partial charge in [-0.3, -0.25) is 0 Å². The fourth-order valence-corrected chi connectivity index (χ4v) is 3.75. The highest BCUT2D eigenvalue weighted by molar-refractivity contribution is 5.45. The van der Waals surface area contributed by atoms with Crippen molar-refractivity contribution < 1.29 is 4.74 Å². The lowest BCUT2D eigenvalue weighted by Crippen LogP contribution is -2.10. The molecule has 0 fully saturated rings. The summed E-state index contributed by atoms with van der Waals surface area (Å²) < 4.78 is 6.00. The standard InChI is InChI=1S/C28H38O/c1-20(2)25-18-26(21(3)4)28(27(19-25)22(5)6)23(7)29-17-13-9-12-16-24-14-10-8-11-15-24/h8,10-11,14-15,18-23H,9,12,16H2,1-7H3. The van der Waals surface area contributed by atoms with Crippen LogP contribution in [0, 0.1) is 12.0 Å².